The standard InChI is InChI=1S/C8H19OP2/c1-2-3-4-5-6-7-8-11(9)10/h2-8,10H2,1H3/q+1. The molecule has 0 spiro atoms. The van der Waals surface area contributed by atoms with Gasteiger partial charge < -0.3 is 0 Å². The Morgan fingerprint density at radius 3 is 2.18 bits per heavy atom. The SMILES string of the molecule is CCCCCCCC[P+](=O)P. The van der Waals surface area contributed by atoms with Gasteiger partial charge in [0.2, 0.25) is 0 Å². The third kappa shape index (κ3) is 10.5. The van der Waals surface area contributed by atoms with Crippen LogP contribution in [0.3, 0.4) is 0 Å². The van der Waals surface area contributed by atoms with Gasteiger partial charge in [-0.15, -0.1) is 0 Å². The average Bonchev–Trinajstić information content (AvgIpc) is 1.96. The van der Waals surface area contributed by atoms with E-state index in [9.17, 15) is 4.57 Å². The van der Waals surface area contributed by atoms with Gasteiger partial charge in [0, 0.05) is 0 Å². The van der Waals surface area contributed by atoms with Gasteiger partial charge in [-0.1, -0.05) is 37.2 Å². The molecule has 0 aromatic rings. The first kappa shape index (κ1) is 11.5. The van der Waals surface area contributed by atoms with E-state index < -0.39 is 7.49 Å². The van der Waals surface area contributed by atoms with Crippen molar-refractivity contribution in [1.82, 2.24) is 0 Å². The fourth-order valence-electron chi connectivity index (χ4n) is 1.05. The Hall–Kier alpha value is 0.530. The highest BCUT2D eigenvalue weighted by atomic mass is 32.0. The Labute approximate surface area is 73.2 Å². The van der Waals surface area contributed by atoms with Crippen LogP contribution >= 0.6 is 16.4 Å². The van der Waals surface area contributed by atoms with E-state index in [-0.39, 0.29) is 0 Å². The molecule has 3 heteroatoms. The Bertz CT molecular complexity index is 104. The second-order valence-electron chi connectivity index (χ2n) is 2.91. The largest absolute Gasteiger partial charge is 0.348 e. The summed E-state index contributed by atoms with van der Waals surface area (Å²) >= 11 is 0. The Morgan fingerprint density at radius 2 is 1.64 bits per heavy atom. The van der Waals surface area contributed by atoms with Gasteiger partial charge in [-0.2, -0.15) is 0 Å². The van der Waals surface area contributed by atoms with Crippen molar-refractivity contribution in [1.29, 1.82) is 0 Å². The van der Waals surface area contributed by atoms with Crippen molar-refractivity contribution in [2.75, 3.05) is 6.16 Å². The van der Waals surface area contributed by atoms with Crippen LogP contribution in [0.25, 0.3) is 0 Å². The van der Waals surface area contributed by atoms with Gasteiger partial charge in [0.05, 0.1) is 0 Å². The van der Waals surface area contributed by atoms with Gasteiger partial charge in [-0.3, -0.25) is 0 Å². The van der Waals surface area contributed by atoms with E-state index in [1.807, 2.05) is 0 Å². The first-order chi connectivity index (χ1) is 5.27. The van der Waals surface area contributed by atoms with Crippen LogP contribution in [0.5, 0.6) is 0 Å². The first-order valence-corrected chi connectivity index (χ1v) is 7.53. The van der Waals surface area contributed by atoms with E-state index in [0.717, 1.165) is 12.6 Å². The minimum atomic E-state index is -0.958. The molecule has 0 amide bonds. The number of unbranched alkanes of at least 4 members (excludes halogenated alkanes) is 5. The summed E-state index contributed by atoms with van der Waals surface area (Å²) in [6, 6.07) is 0. The smallest absolute Gasteiger partial charge is 0.0729 e. The van der Waals surface area contributed by atoms with Crippen LogP contribution in [0, 0.1) is 0 Å². The maximum absolute atomic E-state index is 10.6. The second kappa shape index (κ2) is 8.62. The number of hydrogen-bond donors (Lipinski definition) is 0. The summed E-state index contributed by atoms with van der Waals surface area (Å²) < 4.78 is 10.6. The first-order valence-electron chi connectivity index (χ1n) is 4.46. The van der Waals surface area contributed by atoms with Crippen LogP contribution in [0.1, 0.15) is 45.4 Å². The van der Waals surface area contributed by atoms with Crippen LogP contribution in [-0.4, -0.2) is 6.16 Å². The average molecular weight is 193 g/mol. The van der Waals surface area contributed by atoms with E-state index in [2.05, 4.69) is 15.9 Å². The molecule has 0 aromatic carbocycles. The molecule has 0 saturated carbocycles. The Kier molecular flexibility index (Phi) is 9.04. The van der Waals surface area contributed by atoms with Crippen molar-refractivity contribution in [2.24, 2.45) is 0 Å². The van der Waals surface area contributed by atoms with Crippen LogP contribution < -0.4 is 0 Å². The lowest BCUT2D eigenvalue weighted by Crippen LogP contribution is -1.79. The molecule has 2 unspecified atom stereocenters. The van der Waals surface area contributed by atoms with Gasteiger partial charge in [0.25, 0.3) is 0 Å². The predicted octanol–water partition coefficient (Wildman–Crippen LogP) is 3.96. The van der Waals surface area contributed by atoms with Crippen LogP contribution in [0.4, 0.5) is 0 Å². The molecule has 1 nitrogen and oxygen atoms in total. The van der Waals surface area contributed by atoms with Gasteiger partial charge >= 0.3 is 7.49 Å². The molecule has 0 fully saturated rings. The Morgan fingerprint density at radius 1 is 1.09 bits per heavy atom. The molecule has 0 N–H and O–H groups in total. The van der Waals surface area contributed by atoms with Crippen molar-refractivity contribution in [3.63, 3.8) is 0 Å². The van der Waals surface area contributed by atoms with Crippen molar-refractivity contribution < 1.29 is 4.57 Å². The summed E-state index contributed by atoms with van der Waals surface area (Å²) in [5.74, 6) is 0. The zero-order valence-corrected chi connectivity index (χ0v) is 9.43. The topological polar surface area (TPSA) is 17.1 Å². The zero-order chi connectivity index (χ0) is 8.53. The monoisotopic (exact) mass is 193 g/mol. The molecule has 11 heavy (non-hydrogen) atoms. The molecule has 2 atom stereocenters. The summed E-state index contributed by atoms with van der Waals surface area (Å²) in [5, 5.41) is 0. The van der Waals surface area contributed by atoms with Crippen molar-refractivity contribution in [3.8, 4) is 0 Å². The lowest BCUT2D eigenvalue weighted by atomic mass is 10.1. The number of rotatable bonds is 7. The molecule has 0 heterocycles. The highest BCUT2D eigenvalue weighted by molar-refractivity contribution is 8.06. The lowest BCUT2D eigenvalue weighted by Gasteiger charge is -1.94. The van der Waals surface area contributed by atoms with E-state index in [1.54, 1.807) is 0 Å². The maximum atomic E-state index is 10.6. The van der Waals surface area contributed by atoms with Gasteiger partial charge in [-0.05, 0) is 12.8 Å². The van der Waals surface area contributed by atoms with Gasteiger partial charge in [-0.25, -0.2) is 0 Å². The zero-order valence-electron chi connectivity index (χ0n) is 7.38. The van der Waals surface area contributed by atoms with Crippen LogP contribution in [0.15, 0.2) is 0 Å². The minimum absolute atomic E-state index is 0.895. The molecule has 0 radical (unpaired) electrons. The van der Waals surface area contributed by atoms with E-state index >= 15 is 0 Å². The van der Waals surface area contributed by atoms with Gasteiger partial charge in [0.1, 0.15) is 15.1 Å². The van der Waals surface area contributed by atoms with Crippen LogP contribution in [-0.2, 0) is 4.57 Å². The summed E-state index contributed by atoms with van der Waals surface area (Å²) in [5.41, 5.74) is 0. The summed E-state index contributed by atoms with van der Waals surface area (Å²) in [4.78, 5) is 0. The summed E-state index contributed by atoms with van der Waals surface area (Å²) in [6.07, 6.45) is 8.63. The highest BCUT2D eigenvalue weighted by Crippen LogP contribution is 2.31. The lowest BCUT2D eigenvalue weighted by molar-refractivity contribution is 0.589. The molecular weight excluding hydrogens is 174 g/mol. The minimum Gasteiger partial charge on any atom is -0.0729 e. The maximum Gasteiger partial charge on any atom is 0.348 e. The normalized spacial score (nSPS) is 11.6. The highest BCUT2D eigenvalue weighted by Gasteiger charge is 2.03. The third-order valence-electron chi connectivity index (χ3n) is 1.73. The third-order valence-corrected chi connectivity index (χ3v) is 3.26. The summed E-state index contributed by atoms with van der Waals surface area (Å²) in [7, 11) is 1.42. The molecule has 0 saturated heterocycles. The molecule has 0 rings (SSSR count). The molecule has 66 valence electrons. The number of hydrogen-bond acceptors (Lipinski definition) is 1. The Balaban J connectivity index is 2.85. The fourth-order valence-corrected chi connectivity index (χ4v) is 2.13. The van der Waals surface area contributed by atoms with E-state index in [0.29, 0.717) is 0 Å². The second-order valence-corrected chi connectivity index (χ2v) is 5.92. The molecule has 0 aliphatic heterocycles. The molecular formula is C8H19OP2+. The van der Waals surface area contributed by atoms with Crippen molar-refractivity contribution >= 4 is 16.4 Å². The van der Waals surface area contributed by atoms with Crippen molar-refractivity contribution in [2.45, 2.75) is 45.4 Å². The van der Waals surface area contributed by atoms with Crippen LogP contribution in [0.2, 0.25) is 0 Å². The molecule has 0 bridgehead atoms. The van der Waals surface area contributed by atoms with E-state index in [4.69, 9.17) is 0 Å². The molecule has 0 aliphatic rings. The van der Waals surface area contributed by atoms with Gasteiger partial charge in [0.15, 0.2) is 0 Å². The quantitative estimate of drug-likeness (QED) is 0.441. The molecule has 0 aromatic heterocycles. The van der Waals surface area contributed by atoms with E-state index in [1.165, 1.54) is 32.1 Å². The fraction of sp³-hybridized carbons (Fsp3) is 1.00. The molecule has 0 aliphatic carbocycles. The van der Waals surface area contributed by atoms with Crippen molar-refractivity contribution in [3.05, 3.63) is 0 Å². The summed E-state index contributed by atoms with van der Waals surface area (Å²) in [6.45, 7) is 2.22. The predicted molar refractivity (Wildman–Crippen MR) is 55.6 cm³/mol.